The van der Waals surface area contributed by atoms with E-state index in [1.807, 2.05) is 6.92 Å². The first-order valence-corrected chi connectivity index (χ1v) is 11.7. The maximum Gasteiger partial charge on any atom is 0.417 e. The van der Waals surface area contributed by atoms with Gasteiger partial charge in [0, 0.05) is 16.9 Å². The highest BCUT2D eigenvalue weighted by molar-refractivity contribution is 8.16. The average molecular weight is 455 g/mol. The number of aliphatic imine (C=N–C) groups is 1. The number of benzene rings is 1. The van der Waals surface area contributed by atoms with Crippen LogP contribution in [0.4, 0.5) is 18.9 Å². The minimum absolute atomic E-state index is 0.102. The first-order valence-electron chi connectivity index (χ1n) is 8.58. The molecule has 3 rings (SSSR count). The molecule has 2 saturated heterocycles. The molecule has 0 bridgehead atoms. The molecule has 2 fully saturated rings. The molecule has 1 aromatic carbocycles. The lowest BCUT2D eigenvalue weighted by atomic mass is 10.1. The normalized spacial score (nSPS) is 26.5. The maximum absolute atomic E-state index is 13.3. The summed E-state index contributed by atoms with van der Waals surface area (Å²) in [6.45, 7) is 3.55. The molecule has 0 aromatic heterocycles. The Balaban J connectivity index is 2.07. The number of hydrogen-bond acceptors (Lipinski definition) is 4. The molecule has 3 atom stereocenters. The van der Waals surface area contributed by atoms with Gasteiger partial charge in [0.2, 0.25) is 0 Å². The van der Waals surface area contributed by atoms with E-state index in [4.69, 9.17) is 11.6 Å². The van der Waals surface area contributed by atoms with Crippen LogP contribution in [0.5, 0.6) is 0 Å². The first-order chi connectivity index (χ1) is 12.9. The number of alkyl halides is 3. The fourth-order valence-electron chi connectivity index (χ4n) is 3.13. The Morgan fingerprint density at radius 2 is 2.07 bits per heavy atom. The lowest BCUT2D eigenvalue weighted by Gasteiger charge is -2.25. The van der Waals surface area contributed by atoms with Gasteiger partial charge in [-0.15, -0.1) is 0 Å². The van der Waals surface area contributed by atoms with E-state index in [1.165, 1.54) is 11.0 Å². The van der Waals surface area contributed by atoms with Crippen molar-refractivity contribution in [3.63, 3.8) is 0 Å². The molecular formula is C17H18ClF3N2O3S2. The second-order valence-corrected chi connectivity index (χ2v) is 10.6. The van der Waals surface area contributed by atoms with Crippen molar-refractivity contribution >= 4 is 50.0 Å². The molecule has 11 heteroatoms. The summed E-state index contributed by atoms with van der Waals surface area (Å²) in [5.74, 6) is -1.03. The van der Waals surface area contributed by atoms with Crippen LogP contribution in [0.1, 0.15) is 25.8 Å². The van der Waals surface area contributed by atoms with Crippen molar-refractivity contribution in [3.8, 4) is 0 Å². The fraction of sp³-hybridized carbons (Fsp3) is 0.529. The smallest absolute Gasteiger partial charge is 0.316 e. The van der Waals surface area contributed by atoms with Crippen molar-refractivity contribution in [2.75, 3.05) is 16.4 Å². The number of carbonyl (C=O) groups is 1. The highest BCUT2D eigenvalue weighted by atomic mass is 35.5. The van der Waals surface area contributed by atoms with Gasteiger partial charge in [-0.05, 0) is 24.6 Å². The van der Waals surface area contributed by atoms with Crippen LogP contribution >= 0.6 is 23.4 Å². The Hall–Kier alpha value is -1.26. The quantitative estimate of drug-likeness (QED) is 0.690. The summed E-state index contributed by atoms with van der Waals surface area (Å²) in [4.78, 5) is 17.8. The second kappa shape index (κ2) is 7.53. The molecule has 0 unspecified atom stereocenters. The minimum Gasteiger partial charge on any atom is -0.316 e. The number of halogens is 4. The molecule has 1 amide bonds. The van der Waals surface area contributed by atoms with Gasteiger partial charge in [0.1, 0.15) is 0 Å². The zero-order valence-electron chi connectivity index (χ0n) is 15.0. The van der Waals surface area contributed by atoms with Gasteiger partial charge in [-0.25, -0.2) is 8.42 Å². The van der Waals surface area contributed by atoms with Crippen molar-refractivity contribution in [1.29, 1.82) is 0 Å². The van der Waals surface area contributed by atoms with Gasteiger partial charge in [-0.3, -0.25) is 4.79 Å². The maximum atomic E-state index is 13.3. The highest BCUT2D eigenvalue weighted by Gasteiger charge is 2.50. The SMILES string of the molecule is CC[C@@H](C)C(=O)N=C1S[C@H]2CS(=O)(=O)C[C@@H]2N1c1ccc(Cl)c(C(F)(F)F)c1. The van der Waals surface area contributed by atoms with Crippen molar-refractivity contribution in [1.82, 2.24) is 0 Å². The van der Waals surface area contributed by atoms with Crippen molar-refractivity contribution < 1.29 is 26.4 Å². The Morgan fingerprint density at radius 3 is 2.68 bits per heavy atom. The Kier molecular flexibility index (Phi) is 5.77. The van der Waals surface area contributed by atoms with Gasteiger partial charge in [0.05, 0.1) is 28.1 Å². The molecule has 2 aliphatic heterocycles. The molecule has 5 nitrogen and oxygen atoms in total. The Morgan fingerprint density at radius 1 is 1.39 bits per heavy atom. The van der Waals surface area contributed by atoms with Gasteiger partial charge in [0.15, 0.2) is 15.0 Å². The Bertz CT molecular complexity index is 934. The zero-order chi connectivity index (χ0) is 20.9. The van der Waals surface area contributed by atoms with Crippen molar-refractivity contribution in [2.24, 2.45) is 10.9 Å². The van der Waals surface area contributed by atoms with Crippen LogP contribution in [0, 0.1) is 5.92 Å². The van der Waals surface area contributed by atoms with E-state index in [1.54, 1.807) is 6.92 Å². The number of rotatable bonds is 3. The number of amides is 1. The lowest BCUT2D eigenvalue weighted by molar-refractivity contribution is -0.137. The number of amidine groups is 1. The van der Waals surface area contributed by atoms with E-state index in [2.05, 4.69) is 4.99 Å². The van der Waals surface area contributed by atoms with Crippen LogP contribution < -0.4 is 4.90 Å². The summed E-state index contributed by atoms with van der Waals surface area (Å²) in [6, 6.07) is 2.80. The van der Waals surface area contributed by atoms with Gasteiger partial charge >= 0.3 is 6.18 Å². The number of thioether (sulfide) groups is 1. The van der Waals surface area contributed by atoms with E-state index >= 15 is 0 Å². The fourth-order valence-corrected chi connectivity index (χ4v) is 7.27. The molecule has 0 N–H and O–H groups in total. The largest absolute Gasteiger partial charge is 0.417 e. The van der Waals surface area contributed by atoms with Gasteiger partial charge in [-0.2, -0.15) is 18.2 Å². The van der Waals surface area contributed by atoms with Gasteiger partial charge < -0.3 is 4.90 Å². The van der Waals surface area contributed by atoms with E-state index in [0.29, 0.717) is 6.42 Å². The number of hydrogen-bond donors (Lipinski definition) is 0. The molecule has 1 aromatic rings. The first kappa shape index (κ1) is 21.4. The topological polar surface area (TPSA) is 66.8 Å². The van der Waals surface area contributed by atoms with E-state index in [9.17, 15) is 26.4 Å². The summed E-state index contributed by atoms with van der Waals surface area (Å²) < 4.78 is 63.9. The van der Waals surface area contributed by atoms with Crippen LogP contribution in [-0.4, -0.2) is 42.3 Å². The Labute approximate surface area is 170 Å². The molecule has 0 radical (unpaired) electrons. The number of nitrogens with zero attached hydrogens (tertiary/aromatic N) is 2. The second-order valence-electron chi connectivity index (χ2n) is 6.87. The highest BCUT2D eigenvalue weighted by Crippen LogP contribution is 2.43. The van der Waals surface area contributed by atoms with Crippen LogP contribution in [-0.2, 0) is 20.8 Å². The number of fused-ring (bicyclic) bond motifs is 1. The monoisotopic (exact) mass is 454 g/mol. The third kappa shape index (κ3) is 4.18. The van der Waals surface area contributed by atoms with E-state index < -0.39 is 37.9 Å². The standard InChI is InChI=1S/C17H18ClF3N2O3S2/c1-3-9(2)15(24)22-16-23(13-7-28(25,26)8-14(13)27-16)10-4-5-12(18)11(6-10)17(19,20)21/h4-6,9,13-14H,3,7-8H2,1-2H3/t9-,13+,14+/m1/s1. The van der Waals surface area contributed by atoms with Crippen LogP contribution in [0.25, 0.3) is 0 Å². The van der Waals surface area contributed by atoms with E-state index in [0.717, 1.165) is 23.9 Å². The third-order valence-electron chi connectivity index (χ3n) is 4.84. The summed E-state index contributed by atoms with van der Waals surface area (Å²) in [7, 11) is -3.32. The molecule has 0 spiro atoms. The molecule has 0 aliphatic carbocycles. The number of carbonyl (C=O) groups excluding carboxylic acids is 1. The number of anilines is 1. The average Bonchev–Trinajstić information content (AvgIpc) is 3.04. The third-order valence-corrected chi connectivity index (χ3v) is 8.38. The van der Waals surface area contributed by atoms with Crippen LogP contribution in [0.15, 0.2) is 23.2 Å². The van der Waals surface area contributed by atoms with Crippen molar-refractivity contribution in [2.45, 2.75) is 37.7 Å². The summed E-state index contributed by atoms with van der Waals surface area (Å²) in [5, 5.41) is -0.614. The van der Waals surface area contributed by atoms with Gasteiger partial charge in [-0.1, -0.05) is 37.2 Å². The van der Waals surface area contributed by atoms with Crippen LogP contribution in [0.3, 0.4) is 0 Å². The molecule has 0 saturated carbocycles. The molecule has 154 valence electrons. The predicted molar refractivity (Wildman–Crippen MR) is 105 cm³/mol. The van der Waals surface area contributed by atoms with Crippen LogP contribution in [0.2, 0.25) is 5.02 Å². The summed E-state index contributed by atoms with van der Waals surface area (Å²) in [5.41, 5.74) is -0.905. The predicted octanol–water partition coefficient (Wildman–Crippen LogP) is 4.01. The number of sulfone groups is 1. The lowest BCUT2D eigenvalue weighted by Crippen LogP contribution is -2.38. The zero-order valence-corrected chi connectivity index (χ0v) is 17.4. The molecule has 2 heterocycles. The molecular weight excluding hydrogens is 437 g/mol. The molecule has 28 heavy (non-hydrogen) atoms. The van der Waals surface area contributed by atoms with Gasteiger partial charge in [0.25, 0.3) is 5.91 Å². The molecule has 2 aliphatic rings. The summed E-state index contributed by atoms with van der Waals surface area (Å²) >= 11 is 6.82. The van der Waals surface area contributed by atoms with E-state index in [-0.39, 0.29) is 34.2 Å². The van der Waals surface area contributed by atoms with Crippen molar-refractivity contribution in [3.05, 3.63) is 28.8 Å². The minimum atomic E-state index is -4.66. The summed E-state index contributed by atoms with van der Waals surface area (Å²) in [6.07, 6.45) is -4.09.